The van der Waals surface area contributed by atoms with Gasteiger partial charge in [0.15, 0.2) is 5.78 Å². The van der Waals surface area contributed by atoms with Crippen LogP contribution in [0.4, 0.5) is 0 Å². The van der Waals surface area contributed by atoms with E-state index in [9.17, 15) is 13.2 Å². The van der Waals surface area contributed by atoms with Gasteiger partial charge in [-0.25, -0.2) is 13.1 Å². The molecule has 0 aromatic rings. The monoisotopic (exact) mass is 225 g/mol. The quantitative estimate of drug-likeness (QED) is 0.695. The molecule has 0 aromatic carbocycles. The summed E-state index contributed by atoms with van der Waals surface area (Å²) in [4.78, 5) is 11.3. The zero-order chi connectivity index (χ0) is 10.2. The average molecular weight is 226 g/mol. The molecule has 76 valence electrons. The maximum Gasteiger partial charge on any atom is 0.236 e. The maximum absolute atomic E-state index is 11.3. The van der Waals surface area contributed by atoms with Crippen molar-refractivity contribution in [2.24, 2.45) is 5.92 Å². The SMILES string of the molecule is CC(C)C[C@@H]1NS(=O)(=O)[C@H](Cl)C1=O. The predicted molar refractivity (Wildman–Crippen MR) is 49.9 cm³/mol. The van der Waals surface area contributed by atoms with Crippen LogP contribution in [0.25, 0.3) is 0 Å². The second kappa shape index (κ2) is 3.55. The van der Waals surface area contributed by atoms with Crippen molar-refractivity contribution < 1.29 is 13.2 Å². The Labute approximate surface area is 82.7 Å². The zero-order valence-electron chi connectivity index (χ0n) is 7.45. The third kappa shape index (κ3) is 2.21. The minimum Gasteiger partial charge on any atom is -0.295 e. The standard InChI is InChI=1S/C7H12ClNO3S/c1-4(2)3-5-6(10)7(8)13(11,12)9-5/h4-5,7,9H,3H2,1-2H3/t5-,7-/m0/s1. The lowest BCUT2D eigenvalue weighted by Crippen LogP contribution is -2.30. The highest BCUT2D eigenvalue weighted by molar-refractivity contribution is 7.92. The summed E-state index contributed by atoms with van der Waals surface area (Å²) in [5.41, 5.74) is 0. The predicted octanol–water partition coefficient (Wildman–Crippen LogP) is 0.468. The summed E-state index contributed by atoms with van der Waals surface area (Å²) >= 11 is 5.43. The molecule has 6 heteroatoms. The van der Waals surface area contributed by atoms with E-state index in [0.29, 0.717) is 6.42 Å². The highest BCUT2D eigenvalue weighted by Crippen LogP contribution is 2.21. The molecule has 0 aliphatic carbocycles. The number of nitrogens with one attached hydrogen (secondary N) is 1. The van der Waals surface area contributed by atoms with Crippen molar-refractivity contribution in [2.75, 3.05) is 0 Å². The largest absolute Gasteiger partial charge is 0.295 e. The number of carbonyl (C=O) groups excluding carboxylic acids is 1. The zero-order valence-corrected chi connectivity index (χ0v) is 9.02. The Hall–Kier alpha value is -0.130. The van der Waals surface area contributed by atoms with Crippen molar-refractivity contribution in [2.45, 2.75) is 31.0 Å². The van der Waals surface area contributed by atoms with Gasteiger partial charge in [-0.15, -0.1) is 0 Å². The molecule has 1 N–H and O–H groups in total. The van der Waals surface area contributed by atoms with E-state index in [2.05, 4.69) is 4.72 Å². The van der Waals surface area contributed by atoms with Gasteiger partial charge < -0.3 is 0 Å². The van der Waals surface area contributed by atoms with Crippen LogP contribution in [0, 0.1) is 5.92 Å². The highest BCUT2D eigenvalue weighted by atomic mass is 35.5. The van der Waals surface area contributed by atoms with Gasteiger partial charge in [-0.05, 0) is 12.3 Å². The summed E-state index contributed by atoms with van der Waals surface area (Å²) in [7, 11) is -3.60. The van der Waals surface area contributed by atoms with Gasteiger partial charge in [0.1, 0.15) is 0 Å². The lowest BCUT2D eigenvalue weighted by molar-refractivity contribution is -0.118. The van der Waals surface area contributed by atoms with Crippen LogP contribution < -0.4 is 4.72 Å². The molecule has 0 radical (unpaired) electrons. The van der Waals surface area contributed by atoms with Crippen molar-refractivity contribution >= 4 is 27.4 Å². The fourth-order valence-corrected chi connectivity index (χ4v) is 2.77. The van der Waals surface area contributed by atoms with E-state index in [1.807, 2.05) is 13.8 Å². The van der Waals surface area contributed by atoms with E-state index in [0.717, 1.165) is 0 Å². The van der Waals surface area contributed by atoms with E-state index in [-0.39, 0.29) is 5.92 Å². The summed E-state index contributed by atoms with van der Waals surface area (Å²) in [5.74, 6) is -0.172. The number of halogens is 1. The third-order valence-corrected chi connectivity index (χ3v) is 4.16. The fourth-order valence-electron chi connectivity index (χ4n) is 1.26. The van der Waals surface area contributed by atoms with Gasteiger partial charge in [0.2, 0.25) is 14.7 Å². The molecule has 1 heterocycles. The van der Waals surface area contributed by atoms with Crippen LogP contribution in [0.3, 0.4) is 0 Å². The van der Waals surface area contributed by atoms with E-state index in [1.165, 1.54) is 0 Å². The number of rotatable bonds is 2. The van der Waals surface area contributed by atoms with Crippen LogP contribution in [-0.4, -0.2) is 25.0 Å². The van der Waals surface area contributed by atoms with Gasteiger partial charge in [-0.1, -0.05) is 25.4 Å². The number of Topliss-reactive ketones (excluding diaryl/α,β-unsaturated/α-hetero) is 1. The van der Waals surface area contributed by atoms with E-state index in [1.54, 1.807) is 0 Å². The summed E-state index contributed by atoms with van der Waals surface area (Å²) in [6, 6.07) is -0.632. The van der Waals surface area contributed by atoms with Gasteiger partial charge in [-0.2, -0.15) is 0 Å². The lowest BCUT2D eigenvalue weighted by Gasteiger charge is -2.09. The molecule has 2 atom stereocenters. The first-order valence-corrected chi connectivity index (χ1v) is 6.02. The number of hydrogen-bond acceptors (Lipinski definition) is 3. The molecule has 0 amide bonds. The van der Waals surface area contributed by atoms with Crippen LogP contribution in [-0.2, 0) is 14.8 Å². The minimum absolute atomic E-state index is 0.263. The van der Waals surface area contributed by atoms with Gasteiger partial charge in [0.25, 0.3) is 0 Å². The van der Waals surface area contributed by atoms with Crippen LogP contribution >= 0.6 is 11.6 Å². The van der Waals surface area contributed by atoms with Crippen molar-refractivity contribution in [3.63, 3.8) is 0 Å². The lowest BCUT2D eigenvalue weighted by atomic mass is 10.0. The number of alkyl halides is 1. The molecule has 1 aliphatic rings. The van der Waals surface area contributed by atoms with Crippen LogP contribution in [0.2, 0.25) is 0 Å². The second-order valence-electron chi connectivity index (χ2n) is 3.56. The van der Waals surface area contributed by atoms with E-state index >= 15 is 0 Å². The molecule has 0 bridgehead atoms. The molecule has 13 heavy (non-hydrogen) atoms. The Kier molecular flexibility index (Phi) is 2.99. The third-order valence-electron chi connectivity index (χ3n) is 1.85. The van der Waals surface area contributed by atoms with E-state index < -0.39 is 26.6 Å². The molecular formula is C7H12ClNO3S. The molecule has 1 rings (SSSR count). The Morgan fingerprint density at radius 2 is 2.08 bits per heavy atom. The minimum atomic E-state index is -3.60. The summed E-state index contributed by atoms with van der Waals surface area (Å²) in [6.07, 6.45) is 0.501. The van der Waals surface area contributed by atoms with Crippen molar-refractivity contribution in [1.29, 1.82) is 0 Å². The number of carbonyl (C=O) groups is 1. The molecular weight excluding hydrogens is 214 g/mol. The van der Waals surface area contributed by atoms with Gasteiger partial charge in [0, 0.05) is 0 Å². The van der Waals surface area contributed by atoms with Crippen molar-refractivity contribution in [1.82, 2.24) is 4.72 Å². The Balaban J connectivity index is 2.79. The smallest absolute Gasteiger partial charge is 0.236 e. The number of hydrogen-bond donors (Lipinski definition) is 1. The van der Waals surface area contributed by atoms with Crippen molar-refractivity contribution in [3.05, 3.63) is 0 Å². The molecule has 1 saturated heterocycles. The number of ketones is 1. The Morgan fingerprint density at radius 3 is 2.38 bits per heavy atom. The highest BCUT2D eigenvalue weighted by Gasteiger charge is 2.44. The maximum atomic E-state index is 11.3. The molecule has 0 aromatic heterocycles. The number of sulfonamides is 1. The first-order valence-electron chi connectivity index (χ1n) is 4.03. The van der Waals surface area contributed by atoms with Crippen LogP contribution in [0.5, 0.6) is 0 Å². The first kappa shape index (κ1) is 10.9. The molecule has 0 unspecified atom stereocenters. The van der Waals surface area contributed by atoms with E-state index in [4.69, 9.17) is 11.6 Å². The van der Waals surface area contributed by atoms with Crippen molar-refractivity contribution in [3.8, 4) is 0 Å². The average Bonchev–Trinajstić information content (AvgIpc) is 2.13. The van der Waals surface area contributed by atoms with Gasteiger partial charge in [0.05, 0.1) is 6.04 Å². The topological polar surface area (TPSA) is 63.2 Å². The van der Waals surface area contributed by atoms with Crippen LogP contribution in [0.15, 0.2) is 0 Å². The fraction of sp³-hybridized carbons (Fsp3) is 0.857. The van der Waals surface area contributed by atoms with Crippen LogP contribution in [0.1, 0.15) is 20.3 Å². The molecule has 1 aliphatic heterocycles. The summed E-state index contributed by atoms with van der Waals surface area (Å²) < 4.78 is 23.0. The van der Waals surface area contributed by atoms with Gasteiger partial charge in [-0.3, -0.25) is 4.79 Å². The second-order valence-corrected chi connectivity index (χ2v) is 6.06. The first-order chi connectivity index (χ1) is 5.84. The Bertz CT molecular complexity index is 312. The molecule has 1 fully saturated rings. The molecule has 4 nitrogen and oxygen atoms in total. The van der Waals surface area contributed by atoms with Gasteiger partial charge >= 0.3 is 0 Å². The molecule has 0 saturated carbocycles. The summed E-state index contributed by atoms with van der Waals surface area (Å²) in [6.45, 7) is 3.84. The normalized spacial score (nSPS) is 32.8. The molecule has 0 spiro atoms. The summed E-state index contributed by atoms with van der Waals surface area (Å²) in [5, 5.41) is 0. The Morgan fingerprint density at radius 1 is 1.54 bits per heavy atom.